The van der Waals surface area contributed by atoms with E-state index in [1.54, 1.807) is 0 Å². The third-order valence-electron chi connectivity index (χ3n) is 5.05. The second-order valence-electron chi connectivity index (χ2n) is 6.53. The Morgan fingerprint density at radius 1 is 1.26 bits per heavy atom. The van der Waals surface area contributed by atoms with Gasteiger partial charge in [-0.3, -0.25) is 4.79 Å². The highest BCUT2D eigenvalue weighted by atomic mass is 35.5. The zero-order chi connectivity index (χ0) is 15.3. The Hall–Kier alpha value is -1.10. The zero-order valence-corrected chi connectivity index (χ0v) is 14.4. The summed E-state index contributed by atoms with van der Waals surface area (Å²) in [6.07, 6.45) is 4.84. The molecule has 1 aromatic carbocycles. The van der Waals surface area contributed by atoms with Crippen molar-refractivity contribution in [3.8, 4) is 0 Å². The maximum Gasteiger partial charge on any atom is 0.221 e. The summed E-state index contributed by atoms with van der Waals surface area (Å²) < 4.78 is 5.54. The Bertz CT molecular complexity index is 483. The molecule has 2 aliphatic rings. The molecule has 128 valence electrons. The Morgan fingerprint density at radius 2 is 2.00 bits per heavy atom. The molecule has 4 nitrogen and oxygen atoms in total. The third kappa shape index (κ3) is 4.69. The maximum atomic E-state index is 12.2. The zero-order valence-electron chi connectivity index (χ0n) is 13.6. The number of carbonyl (C=O) groups excluding carboxylic acids is 1. The topological polar surface area (TPSA) is 50.4 Å². The molecule has 1 amide bonds. The molecule has 23 heavy (non-hydrogen) atoms. The lowest BCUT2D eigenvalue weighted by atomic mass is 9.74. The van der Waals surface area contributed by atoms with Gasteiger partial charge in [-0.15, -0.1) is 12.4 Å². The molecular formula is C18H27ClN2O2. The lowest BCUT2D eigenvalue weighted by molar-refractivity contribution is -0.122. The van der Waals surface area contributed by atoms with Gasteiger partial charge in [-0.1, -0.05) is 30.3 Å². The summed E-state index contributed by atoms with van der Waals surface area (Å²) in [5.74, 6) is 0.168. The van der Waals surface area contributed by atoms with E-state index < -0.39 is 0 Å². The van der Waals surface area contributed by atoms with Crippen molar-refractivity contribution in [1.82, 2.24) is 10.6 Å². The third-order valence-corrected chi connectivity index (χ3v) is 5.05. The molecule has 0 aromatic heterocycles. The van der Waals surface area contributed by atoms with Crippen molar-refractivity contribution in [2.24, 2.45) is 0 Å². The smallest absolute Gasteiger partial charge is 0.221 e. The molecule has 0 aliphatic carbocycles. The van der Waals surface area contributed by atoms with Gasteiger partial charge in [0.25, 0.3) is 0 Å². The monoisotopic (exact) mass is 338 g/mol. The van der Waals surface area contributed by atoms with Gasteiger partial charge in [0.05, 0.1) is 0 Å². The minimum atomic E-state index is 0. The predicted molar refractivity (Wildman–Crippen MR) is 94.1 cm³/mol. The van der Waals surface area contributed by atoms with Crippen LogP contribution in [0.2, 0.25) is 0 Å². The second kappa shape index (κ2) is 8.67. The molecule has 2 saturated heterocycles. The quantitative estimate of drug-likeness (QED) is 0.867. The molecule has 2 N–H and O–H groups in total. The summed E-state index contributed by atoms with van der Waals surface area (Å²) in [6, 6.07) is 10.9. The van der Waals surface area contributed by atoms with Crippen LogP contribution >= 0.6 is 12.4 Å². The van der Waals surface area contributed by atoms with Gasteiger partial charge in [0.2, 0.25) is 5.91 Å². The fourth-order valence-electron chi connectivity index (χ4n) is 3.62. The Morgan fingerprint density at radius 3 is 2.65 bits per heavy atom. The molecule has 1 unspecified atom stereocenters. The number of hydrogen-bond donors (Lipinski definition) is 2. The molecule has 2 heterocycles. The average Bonchev–Trinajstić information content (AvgIpc) is 3.08. The Labute approximate surface area is 144 Å². The standard InChI is InChI=1S/C18H26N2O2.ClH/c21-17(13-16-7-4-10-19-16)20-14-18(8-11-22-12-9-18)15-5-2-1-3-6-15;/h1-3,5-6,16,19H,4,7-14H2,(H,20,21);1H. The fourth-order valence-corrected chi connectivity index (χ4v) is 3.62. The first-order valence-electron chi connectivity index (χ1n) is 8.42. The lowest BCUT2D eigenvalue weighted by Gasteiger charge is -2.38. The number of rotatable bonds is 5. The largest absolute Gasteiger partial charge is 0.381 e. The van der Waals surface area contributed by atoms with E-state index in [2.05, 4.69) is 34.9 Å². The van der Waals surface area contributed by atoms with Crippen molar-refractivity contribution in [1.29, 1.82) is 0 Å². The number of halogens is 1. The van der Waals surface area contributed by atoms with Crippen LogP contribution in [0.3, 0.4) is 0 Å². The van der Waals surface area contributed by atoms with Crippen molar-refractivity contribution in [2.45, 2.75) is 43.6 Å². The van der Waals surface area contributed by atoms with E-state index in [1.807, 2.05) is 6.07 Å². The first-order chi connectivity index (χ1) is 10.8. The molecule has 3 rings (SSSR count). The van der Waals surface area contributed by atoms with Crippen molar-refractivity contribution < 1.29 is 9.53 Å². The van der Waals surface area contributed by atoms with Crippen molar-refractivity contribution in [3.63, 3.8) is 0 Å². The van der Waals surface area contributed by atoms with Crippen LogP contribution in [0.4, 0.5) is 0 Å². The highest BCUT2D eigenvalue weighted by molar-refractivity contribution is 5.85. The van der Waals surface area contributed by atoms with Crippen LogP contribution in [0.15, 0.2) is 30.3 Å². The molecule has 5 heteroatoms. The van der Waals surface area contributed by atoms with Crippen LogP contribution in [0.25, 0.3) is 0 Å². The Kier molecular flexibility index (Phi) is 6.88. The lowest BCUT2D eigenvalue weighted by Crippen LogP contribution is -2.45. The van der Waals surface area contributed by atoms with E-state index in [0.717, 1.165) is 39.0 Å². The van der Waals surface area contributed by atoms with Crippen LogP contribution in [-0.2, 0) is 14.9 Å². The van der Waals surface area contributed by atoms with E-state index in [0.29, 0.717) is 19.0 Å². The fraction of sp³-hybridized carbons (Fsp3) is 0.611. The highest BCUT2D eigenvalue weighted by Crippen LogP contribution is 2.34. The summed E-state index contributed by atoms with van der Waals surface area (Å²) in [7, 11) is 0. The summed E-state index contributed by atoms with van der Waals surface area (Å²) in [5, 5.41) is 6.57. The number of amides is 1. The number of hydrogen-bond acceptors (Lipinski definition) is 3. The van der Waals surface area contributed by atoms with Gasteiger partial charge in [0, 0.05) is 37.6 Å². The Balaban J connectivity index is 0.00000192. The molecule has 1 atom stereocenters. The molecule has 1 aromatic rings. The van der Waals surface area contributed by atoms with Crippen molar-refractivity contribution in [2.75, 3.05) is 26.3 Å². The molecule has 0 bridgehead atoms. The number of ether oxygens (including phenoxy) is 1. The van der Waals surface area contributed by atoms with Crippen LogP contribution in [-0.4, -0.2) is 38.3 Å². The van der Waals surface area contributed by atoms with Crippen LogP contribution < -0.4 is 10.6 Å². The van der Waals surface area contributed by atoms with E-state index in [9.17, 15) is 4.79 Å². The van der Waals surface area contributed by atoms with E-state index in [1.165, 1.54) is 12.0 Å². The average molecular weight is 339 g/mol. The van der Waals surface area contributed by atoms with Crippen LogP contribution in [0.1, 0.15) is 37.7 Å². The SMILES string of the molecule is Cl.O=C(CC1CCCN1)NCC1(c2ccccc2)CCOCC1. The molecular weight excluding hydrogens is 312 g/mol. The predicted octanol–water partition coefficient (Wildman–Crippen LogP) is 2.41. The number of carbonyl (C=O) groups is 1. The van der Waals surface area contributed by atoms with Crippen molar-refractivity contribution >= 4 is 18.3 Å². The molecule has 0 saturated carbocycles. The van der Waals surface area contributed by atoms with Gasteiger partial charge in [0.15, 0.2) is 0 Å². The van der Waals surface area contributed by atoms with Gasteiger partial charge in [-0.2, -0.15) is 0 Å². The van der Waals surface area contributed by atoms with Gasteiger partial charge in [-0.05, 0) is 37.8 Å². The van der Waals surface area contributed by atoms with E-state index >= 15 is 0 Å². The minimum Gasteiger partial charge on any atom is -0.381 e. The molecule has 2 fully saturated rings. The molecule has 0 radical (unpaired) electrons. The first-order valence-corrected chi connectivity index (χ1v) is 8.42. The summed E-state index contributed by atoms with van der Waals surface area (Å²) in [4.78, 5) is 12.2. The molecule has 2 aliphatic heterocycles. The normalized spacial score (nSPS) is 23.0. The summed E-state index contributed by atoms with van der Waals surface area (Å²) >= 11 is 0. The van der Waals surface area contributed by atoms with E-state index in [4.69, 9.17) is 4.74 Å². The van der Waals surface area contributed by atoms with Gasteiger partial charge in [-0.25, -0.2) is 0 Å². The van der Waals surface area contributed by atoms with Gasteiger partial charge in [0.1, 0.15) is 0 Å². The number of nitrogens with one attached hydrogen (secondary N) is 2. The maximum absolute atomic E-state index is 12.2. The second-order valence-corrected chi connectivity index (χ2v) is 6.53. The van der Waals surface area contributed by atoms with Crippen LogP contribution in [0, 0.1) is 0 Å². The van der Waals surface area contributed by atoms with Crippen LogP contribution in [0.5, 0.6) is 0 Å². The highest BCUT2D eigenvalue weighted by Gasteiger charge is 2.34. The van der Waals surface area contributed by atoms with E-state index in [-0.39, 0.29) is 23.7 Å². The van der Waals surface area contributed by atoms with Gasteiger partial charge < -0.3 is 15.4 Å². The summed E-state index contributed by atoms with van der Waals surface area (Å²) in [6.45, 7) is 3.30. The molecule has 0 spiro atoms. The minimum absolute atomic E-state index is 0. The first kappa shape index (κ1) is 18.2. The van der Waals surface area contributed by atoms with Gasteiger partial charge >= 0.3 is 0 Å². The summed E-state index contributed by atoms with van der Waals surface area (Å²) in [5.41, 5.74) is 1.34. The number of benzene rings is 1. The van der Waals surface area contributed by atoms with Crippen molar-refractivity contribution in [3.05, 3.63) is 35.9 Å².